The number of hydrogen-bond acceptors (Lipinski definition) is 4. The second-order valence-corrected chi connectivity index (χ2v) is 3.25. The number of nitrogens with zero attached hydrogens (tertiary/aromatic N) is 3. The quantitative estimate of drug-likeness (QED) is 0.862. The molecule has 17 heavy (non-hydrogen) atoms. The van der Waals surface area contributed by atoms with Gasteiger partial charge >= 0.3 is 5.97 Å². The van der Waals surface area contributed by atoms with Crippen LogP contribution in [0, 0.1) is 0 Å². The molecule has 0 amide bonds. The molecule has 6 heteroatoms. The third kappa shape index (κ3) is 2.25. The first-order chi connectivity index (χ1) is 8.22. The van der Waals surface area contributed by atoms with Crippen LogP contribution in [0.2, 0.25) is 0 Å². The fourth-order valence-electron chi connectivity index (χ4n) is 1.40. The number of hydrogen-bond donors (Lipinski definition) is 1. The Kier molecular flexibility index (Phi) is 3.04. The first-order valence-corrected chi connectivity index (χ1v) is 5.10. The smallest absolute Gasteiger partial charge is 0.358 e. The molecule has 1 aromatic heterocycles. The van der Waals surface area contributed by atoms with E-state index < -0.39 is 5.97 Å². The zero-order chi connectivity index (χ0) is 12.3. The Morgan fingerprint density at radius 1 is 1.47 bits per heavy atom. The van der Waals surface area contributed by atoms with Crippen molar-refractivity contribution in [2.75, 3.05) is 6.61 Å². The zero-order valence-electron chi connectivity index (χ0n) is 9.20. The van der Waals surface area contributed by atoms with Crippen LogP contribution in [0.1, 0.15) is 17.4 Å². The van der Waals surface area contributed by atoms with Crippen molar-refractivity contribution in [1.82, 2.24) is 15.0 Å². The maximum absolute atomic E-state index is 10.7. The standard InChI is InChI=1S/C11H11N3O3/c1-2-17-10-6-4-3-5-9(10)14-7-8(11(15)16)12-13-14/h3-7H,2H2,1H3,(H,15,16). The molecule has 6 nitrogen and oxygen atoms in total. The van der Waals surface area contributed by atoms with Gasteiger partial charge in [-0.3, -0.25) is 0 Å². The van der Waals surface area contributed by atoms with Gasteiger partial charge in [0, 0.05) is 0 Å². The number of aromatic nitrogens is 3. The Balaban J connectivity index is 2.41. The van der Waals surface area contributed by atoms with E-state index in [1.54, 1.807) is 12.1 Å². The van der Waals surface area contributed by atoms with Crippen molar-refractivity contribution < 1.29 is 14.6 Å². The molecule has 0 unspecified atom stereocenters. The van der Waals surface area contributed by atoms with Gasteiger partial charge in [0.1, 0.15) is 11.4 Å². The second kappa shape index (κ2) is 4.65. The van der Waals surface area contributed by atoms with Crippen LogP contribution >= 0.6 is 0 Å². The first kappa shape index (κ1) is 11.1. The van der Waals surface area contributed by atoms with Crippen LogP contribution in [-0.2, 0) is 0 Å². The molecule has 0 atom stereocenters. The lowest BCUT2D eigenvalue weighted by Crippen LogP contribution is -2.01. The number of rotatable bonds is 4. The highest BCUT2D eigenvalue weighted by Crippen LogP contribution is 2.21. The largest absolute Gasteiger partial charge is 0.492 e. The highest BCUT2D eigenvalue weighted by atomic mass is 16.5. The molecule has 0 bridgehead atoms. The van der Waals surface area contributed by atoms with E-state index in [4.69, 9.17) is 9.84 Å². The number of benzene rings is 1. The summed E-state index contributed by atoms with van der Waals surface area (Å²) in [6.07, 6.45) is 1.35. The normalized spacial score (nSPS) is 10.2. The van der Waals surface area contributed by atoms with Crippen LogP contribution in [0.4, 0.5) is 0 Å². The Morgan fingerprint density at radius 3 is 2.88 bits per heavy atom. The highest BCUT2D eigenvalue weighted by Gasteiger charge is 2.11. The van der Waals surface area contributed by atoms with Crippen molar-refractivity contribution in [3.63, 3.8) is 0 Å². The minimum Gasteiger partial charge on any atom is -0.492 e. The second-order valence-electron chi connectivity index (χ2n) is 3.25. The van der Waals surface area contributed by atoms with Gasteiger partial charge in [0.25, 0.3) is 0 Å². The minimum absolute atomic E-state index is 0.101. The minimum atomic E-state index is -1.11. The van der Waals surface area contributed by atoms with Crippen molar-refractivity contribution in [2.45, 2.75) is 6.92 Å². The van der Waals surface area contributed by atoms with E-state index in [2.05, 4.69) is 10.3 Å². The Labute approximate surface area is 97.4 Å². The van der Waals surface area contributed by atoms with Gasteiger partial charge in [-0.2, -0.15) is 0 Å². The van der Waals surface area contributed by atoms with Gasteiger partial charge in [0.2, 0.25) is 0 Å². The third-order valence-electron chi connectivity index (χ3n) is 2.12. The molecular formula is C11H11N3O3. The number of ether oxygens (including phenoxy) is 1. The highest BCUT2D eigenvalue weighted by molar-refractivity contribution is 5.84. The van der Waals surface area contributed by atoms with E-state index in [0.717, 1.165) is 0 Å². The molecule has 1 aromatic carbocycles. The van der Waals surface area contributed by atoms with Crippen molar-refractivity contribution in [1.29, 1.82) is 0 Å². The molecule has 1 N–H and O–H groups in total. The Morgan fingerprint density at radius 2 is 2.24 bits per heavy atom. The van der Waals surface area contributed by atoms with Crippen LogP contribution in [0.3, 0.4) is 0 Å². The molecular weight excluding hydrogens is 222 g/mol. The number of carbonyl (C=O) groups is 1. The molecule has 2 aromatic rings. The van der Waals surface area contributed by atoms with Crippen LogP contribution in [0.5, 0.6) is 5.75 Å². The summed E-state index contributed by atoms with van der Waals surface area (Å²) >= 11 is 0. The molecule has 88 valence electrons. The zero-order valence-corrected chi connectivity index (χ0v) is 9.20. The number of aromatic carboxylic acids is 1. The lowest BCUT2D eigenvalue weighted by molar-refractivity contribution is 0.0690. The molecule has 0 aliphatic heterocycles. The van der Waals surface area contributed by atoms with E-state index >= 15 is 0 Å². The van der Waals surface area contributed by atoms with Crippen molar-refractivity contribution in [3.8, 4) is 11.4 Å². The van der Waals surface area contributed by atoms with Gasteiger partial charge in [-0.15, -0.1) is 5.10 Å². The summed E-state index contributed by atoms with van der Waals surface area (Å²) in [4.78, 5) is 10.7. The van der Waals surface area contributed by atoms with Crippen LogP contribution in [-0.4, -0.2) is 32.7 Å². The fourth-order valence-corrected chi connectivity index (χ4v) is 1.40. The summed E-state index contributed by atoms with van der Waals surface area (Å²) in [5.41, 5.74) is 0.561. The van der Waals surface area contributed by atoms with Crippen LogP contribution in [0.25, 0.3) is 5.69 Å². The maximum atomic E-state index is 10.7. The monoisotopic (exact) mass is 233 g/mol. The lowest BCUT2D eigenvalue weighted by Gasteiger charge is -2.08. The molecule has 0 aliphatic rings. The molecule has 0 fully saturated rings. The third-order valence-corrected chi connectivity index (χ3v) is 2.12. The van der Waals surface area contributed by atoms with Gasteiger partial charge in [-0.05, 0) is 19.1 Å². The summed E-state index contributed by atoms with van der Waals surface area (Å²) < 4.78 is 6.81. The molecule has 0 spiro atoms. The van der Waals surface area contributed by atoms with Gasteiger partial charge in [0.15, 0.2) is 5.69 Å². The average Bonchev–Trinajstić information content (AvgIpc) is 2.79. The predicted molar refractivity (Wildman–Crippen MR) is 59.5 cm³/mol. The summed E-state index contributed by atoms with van der Waals surface area (Å²) in [5, 5.41) is 16.1. The molecule has 0 aliphatic carbocycles. The predicted octanol–water partition coefficient (Wildman–Crippen LogP) is 1.36. The van der Waals surface area contributed by atoms with Crippen LogP contribution < -0.4 is 4.74 Å². The van der Waals surface area contributed by atoms with Crippen molar-refractivity contribution >= 4 is 5.97 Å². The first-order valence-electron chi connectivity index (χ1n) is 5.10. The summed E-state index contributed by atoms with van der Waals surface area (Å²) in [6, 6.07) is 7.23. The SMILES string of the molecule is CCOc1ccccc1-n1cc(C(=O)O)nn1. The van der Waals surface area contributed by atoms with E-state index in [0.29, 0.717) is 18.0 Å². The van der Waals surface area contributed by atoms with Gasteiger partial charge in [0.05, 0.1) is 12.8 Å². The van der Waals surface area contributed by atoms with Crippen molar-refractivity contribution in [3.05, 3.63) is 36.2 Å². The average molecular weight is 233 g/mol. The van der Waals surface area contributed by atoms with E-state index in [1.807, 2.05) is 19.1 Å². The van der Waals surface area contributed by atoms with Gasteiger partial charge in [-0.25, -0.2) is 9.48 Å². The molecule has 0 saturated heterocycles. The van der Waals surface area contributed by atoms with E-state index in [-0.39, 0.29) is 5.69 Å². The maximum Gasteiger partial charge on any atom is 0.358 e. The molecule has 0 radical (unpaired) electrons. The van der Waals surface area contributed by atoms with Gasteiger partial charge < -0.3 is 9.84 Å². The Bertz CT molecular complexity index is 536. The Hall–Kier alpha value is -2.37. The lowest BCUT2D eigenvalue weighted by atomic mass is 10.3. The topological polar surface area (TPSA) is 77.2 Å². The van der Waals surface area contributed by atoms with Crippen LogP contribution in [0.15, 0.2) is 30.5 Å². The number of carboxylic acid groups (broad SMARTS) is 1. The molecule has 0 saturated carbocycles. The summed E-state index contributed by atoms with van der Waals surface area (Å²) in [6.45, 7) is 2.40. The van der Waals surface area contributed by atoms with Crippen molar-refractivity contribution in [2.24, 2.45) is 0 Å². The fraction of sp³-hybridized carbons (Fsp3) is 0.182. The van der Waals surface area contributed by atoms with E-state index in [9.17, 15) is 4.79 Å². The number of para-hydroxylation sites is 2. The van der Waals surface area contributed by atoms with Gasteiger partial charge in [-0.1, -0.05) is 17.3 Å². The summed E-state index contributed by atoms with van der Waals surface area (Å²) in [5.74, 6) is -0.470. The molecule has 2 rings (SSSR count). The van der Waals surface area contributed by atoms with E-state index in [1.165, 1.54) is 10.9 Å². The number of carboxylic acids is 1. The summed E-state index contributed by atoms with van der Waals surface area (Å²) in [7, 11) is 0. The molecule has 1 heterocycles.